The second kappa shape index (κ2) is 10.3. The number of alkyl halides is 3. The van der Waals surface area contributed by atoms with Crippen LogP contribution in [-0.2, 0) is 0 Å². The number of nitrogens with zero attached hydrogens (tertiary/aromatic N) is 5. The minimum absolute atomic E-state index is 0.217. The topological polar surface area (TPSA) is 56.8 Å². The zero-order chi connectivity index (χ0) is 25.0. The second-order valence-electron chi connectivity index (χ2n) is 8.47. The number of piperazine rings is 1. The Hall–Kier alpha value is -3.69. The van der Waals surface area contributed by atoms with Crippen LogP contribution in [-0.4, -0.2) is 68.4 Å². The molecule has 1 aliphatic carbocycles. The molecule has 0 saturated carbocycles. The lowest BCUT2D eigenvalue weighted by Crippen LogP contribution is -2.47. The van der Waals surface area contributed by atoms with Gasteiger partial charge in [0.25, 0.3) is 0 Å². The van der Waals surface area contributed by atoms with Crippen LogP contribution in [0.2, 0.25) is 0 Å². The molecule has 0 atom stereocenters. The van der Waals surface area contributed by atoms with Crippen molar-refractivity contribution in [2.45, 2.75) is 12.6 Å². The lowest BCUT2D eigenvalue weighted by molar-refractivity contribution is -0.0899. The highest BCUT2D eigenvalue weighted by atomic mass is 19.4. The molecule has 186 valence electrons. The van der Waals surface area contributed by atoms with E-state index in [1.54, 1.807) is 30.2 Å². The quantitative estimate of drug-likeness (QED) is 0.633. The van der Waals surface area contributed by atoms with Gasteiger partial charge in [0.1, 0.15) is 17.4 Å². The summed E-state index contributed by atoms with van der Waals surface area (Å²) in [5.74, 6) is 2.60. The van der Waals surface area contributed by atoms with Gasteiger partial charge in [0, 0.05) is 63.8 Å². The predicted molar refractivity (Wildman–Crippen MR) is 132 cm³/mol. The van der Waals surface area contributed by atoms with Crippen molar-refractivity contribution in [3.8, 4) is 5.75 Å². The Morgan fingerprint density at radius 2 is 1.69 bits per heavy atom. The third-order valence-corrected chi connectivity index (χ3v) is 5.82. The number of nitrogens with one attached hydrogen (secondary N) is 1. The van der Waals surface area contributed by atoms with Crippen molar-refractivity contribution in [2.75, 3.05) is 62.5 Å². The minimum Gasteiger partial charge on any atom is -0.497 e. The van der Waals surface area contributed by atoms with Crippen LogP contribution in [0.25, 0.3) is 0 Å². The summed E-state index contributed by atoms with van der Waals surface area (Å²) in [6.45, 7) is 1.87. The molecular weight excluding hydrogens is 457 g/mol. The van der Waals surface area contributed by atoms with E-state index >= 15 is 0 Å². The van der Waals surface area contributed by atoms with Crippen molar-refractivity contribution in [3.63, 3.8) is 0 Å². The molecule has 1 aromatic carbocycles. The van der Waals surface area contributed by atoms with Gasteiger partial charge < -0.3 is 24.8 Å². The van der Waals surface area contributed by atoms with E-state index in [0.29, 0.717) is 44.4 Å². The summed E-state index contributed by atoms with van der Waals surface area (Å²) in [5, 5.41) is 3.30. The largest absolute Gasteiger partial charge is 0.497 e. The number of hydrogen-bond donors (Lipinski definition) is 1. The van der Waals surface area contributed by atoms with E-state index in [4.69, 9.17) is 9.72 Å². The molecule has 0 radical (unpaired) electrons. The van der Waals surface area contributed by atoms with Crippen molar-refractivity contribution in [3.05, 3.63) is 65.9 Å². The number of methoxy groups -OCH3 is 1. The highest BCUT2D eigenvalue weighted by molar-refractivity contribution is 5.63. The Balaban J connectivity index is 1.55. The maximum absolute atomic E-state index is 13.6. The third-order valence-electron chi connectivity index (χ3n) is 5.82. The van der Waals surface area contributed by atoms with Crippen LogP contribution in [0.5, 0.6) is 5.75 Å². The predicted octanol–water partition coefficient (Wildman–Crippen LogP) is 4.75. The number of benzene rings is 1. The minimum atomic E-state index is -4.40. The van der Waals surface area contributed by atoms with Crippen molar-refractivity contribution in [2.24, 2.45) is 0 Å². The average Bonchev–Trinajstić information content (AvgIpc) is 3.10. The number of rotatable bonds is 6. The van der Waals surface area contributed by atoms with Gasteiger partial charge in [0.15, 0.2) is 0 Å². The Kier molecular flexibility index (Phi) is 7.18. The van der Waals surface area contributed by atoms with Gasteiger partial charge in [-0.3, -0.25) is 0 Å². The molecule has 0 spiro atoms. The van der Waals surface area contributed by atoms with E-state index in [2.05, 4.69) is 10.3 Å². The number of aromatic nitrogens is 2. The molecule has 1 aliphatic heterocycles. The lowest BCUT2D eigenvalue weighted by Gasteiger charge is -2.37. The van der Waals surface area contributed by atoms with E-state index in [1.165, 1.54) is 6.08 Å². The summed E-state index contributed by atoms with van der Waals surface area (Å²) in [7, 11) is 5.41. The number of anilines is 4. The highest BCUT2D eigenvalue weighted by Crippen LogP contribution is 2.33. The summed E-state index contributed by atoms with van der Waals surface area (Å²) < 4.78 is 46.2. The van der Waals surface area contributed by atoms with E-state index in [-0.39, 0.29) is 5.70 Å². The summed E-state index contributed by atoms with van der Waals surface area (Å²) in [5.41, 5.74) is 0.438. The van der Waals surface area contributed by atoms with Crippen LogP contribution in [0.15, 0.2) is 65.9 Å². The highest BCUT2D eigenvalue weighted by Gasteiger charge is 2.36. The lowest BCUT2D eigenvalue weighted by atomic mass is 10.1. The number of halogens is 3. The second-order valence-corrected chi connectivity index (χ2v) is 8.47. The van der Waals surface area contributed by atoms with E-state index in [1.807, 2.05) is 54.2 Å². The van der Waals surface area contributed by atoms with Crippen LogP contribution in [0.3, 0.4) is 0 Å². The van der Waals surface area contributed by atoms with Crippen molar-refractivity contribution >= 4 is 23.3 Å². The van der Waals surface area contributed by atoms with E-state index in [9.17, 15) is 13.2 Å². The van der Waals surface area contributed by atoms with Crippen molar-refractivity contribution in [1.29, 1.82) is 0 Å². The average molecular weight is 487 g/mol. The first kappa shape index (κ1) is 24.4. The van der Waals surface area contributed by atoms with Gasteiger partial charge in [0.05, 0.1) is 12.7 Å². The van der Waals surface area contributed by atoms with E-state index in [0.717, 1.165) is 17.3 Å². The Bertz CT molecular complexity index is 1130. The smallest absolute Gasteiger partial charge is 0.418 e. The fourth-order valence-electron chi connectivity index (χ4n) is 3.99. The first-order valence-electron chi connectivity index (χ1n) is 11.4. The number of ether oxygens (including phenoxy) is 1. The molecule has 1 saturated heterocycles. The zero-order valence-corrected chi connectivity index (χ0v) is 20.0. The van der Waals surface area contributed by atoms with Crippen molar-refractivity contribution in [1.82, 2.24) is 14.9 Å². The monoisotopic (exact) mass is 486 g/mol. The number of hydrogen-bond acceptors (Lipinski definition) is 7. The zero-order valence-electron chi connectivity index (χ0n) is 20.0. The molecular formula is C25H29F3N6O. The summed E-state index contributed by atoms with van der Waals surface area (Å²) >= 11 is 0. The first-order chi connectivity index (χ1) is 16.7. The maximum Gasteiger partial charge on any atom is 0.418 e. The Labute approximate surface area is 203 Å². The standard InChI is InChI=1S/C25H29F3N6O/c1-32(2)23-17-22(29-18-8-7-9-19(16-18)35-3)30-24(31-23)34-14-12-33(13-15-34)21-11-6-4-5-10-20(21)25(26,27)28/h5-11,16-17H,4,12-15H2,1-3H3,(H,29,30,31). The van der Waals surface area contributed by atoms with Crippen LogP contribution < -0.4 is 19.9 Å². The normalized spacial score (nSPS) is 16.4. The van der Waals surface area contributed by atoms with Gasteiger partial charge in [-0.25, -0.2) is 0 Å². The Morgan fingerprint density at radius 3 is 2.37 bits per heavy atom. The fourth-order valence-corrected chi connectivity index (χ4v) is 3.99. The van der Waals surface area contributed by atoms with E-state index < -0.39 is 11.7 Å². The van der Waals surface area contributed by atoms with Crippen LogP contribution in [0, 0.1) is 0 Å². The summed E-state index contributed by atoms with van der Waals surface area (Å²) in [6.07, 6.45) is 2.15. The molecule has 1 fully saturated rings. The van der Waals surface area contributed by atoms with Crippen LogP contribution >= 0.6 is 0 Å². The molecule has 0 unspecified atom stereocenters. The van der Waals surface area contributed by atoms with Crippen LogP contribution in [0.4, 0.5) is 36.4 Å². The first-order valence-corrected chi connectivity index (χ1v) is 11.4. The maximum atomic E-state index is 13.6. The molecule has 1 aromatic heterocycles. The van der Waals surface area contributed by atoms with Gasteiger partial charge in [-0.2, -0.15) is 23.1 Å². The molecule has 2 aliphatic rings. The van der Waals surface area contributed by atoms with Gasteiger partial charge in [-0.1, -0.05) is 24.3 Å². The fraction of sp³-hybridized carbons (Fsp3) is 0.360. The molecule has 35 heavy (non-hydrogen) atoms. The van der Waals surface area contributed by atoms with Gasteiger partial charge in [-0.15, -0.1) is 0 Å². The molecule has 7 nitrogen and oxygen atoms in total. The van der Waals surface area contributed by atoms with Crippen molar-refractivity contribution < 1.29 is 17.9 Å². The molecule has 2 heterocycles. The molecule has 1 N–H and O–H groups in total. The molecule has 10 heteroatoms. The van der Waals surface area contributed by atoms with Gasteiger partial charge >= 0.3 is 6.18 Å². The summed E-state index contributed by atoms with van der Waals surface area (Å²) in [6, 6.07) is 9.38. The SMILES string of the molecule is COc1cccc(Nc2cc(N(C)C)nc(N3CCN(C4=C(C(F)(F)F)C=CCC=C4)CC3)n2)c1. The van der Waals surface area contributed by atoms with Gasteiger partial charge in [0.2, 0.25) is 5.95 Å². The Morgan fingerprint density at radius 1 is 0.971 bits per heavy atom. The molecule has 4 rings (SSSR count). The molecule has 2 aromatic rings. The molecule has 0 bridgehead atoms. The summed E-state index contributed by atoms with van der Waals surface area (Å²) in [4.78, 5) is 15.1. The number of allylic oxidation sites excluding steroid dienone is 5. The third kappa shape index (κ3) is 5.87. The van der Waals surface area contributed by atoms with Gasteiger partial charge in [-0.05, 0) is 24.6 Å². The van der Waals surface area contributed by atoms with Crippen LogP contribution in [0.1, 0.15) is 6.42 Å². The molecule has 0 amide bonds.